The van der Waals surface area contributed by atoms with Crippen LogP contribution in [0.2, 0.25) is 0 Å². The third kappa shape index (κ3) is 2.17. The first-order valence-corrected chi connectivity index (χ1v) is 6.72. The van der Waals surface area contributed by atoms with Gasteiger partial charge in [0.15, 0.2) is 0 Å². The average molecular weight is 226 g/mol. The Bertz CT molecular complexity index is 265. The molecule has 0 radical (unpaired) electrons. The minimum atomic E-state index is -3.19. The van der Waals surface area contributed by atoms with E-state index < -0.39 is 10.0 Å². The number of halogens is 1. The molecule has 0 aromatic heterocycles. The Morgan fingerprint density at radius 3 is 2.62 bits per heavy atom. The Morgan fingerprint density at radius 2 is 2.15 bits per heavy atom. The summed E-state index contributed by atoms with van der Waals surface area (Å²) in [5, 5.41) is -0.295. The van der Waals surface area contributed by atoms with Crippen LogP contribution in [-0.2, 0) is 10.0 Å². The van der Waals surface area contributed by atoms with E-state index in [-0.39, 0.29) is 11.3 Å². The van der Waals surface area contributed by atoms with Crippen LogP contribution in [0, 0.1) is 5.92 Å². The zero-order valence-corrected chi connectivity index (χ0v) is 9.61. The van der Waals surface area contributed by atoms with E-state index in [1.807, 2.05) is 6.92 Å². The van der Waals surface area contributed by atoms with Crippen LogP contribution in [0.5, 0.6) is 0 Å². The third-order valence-corrected chi connectivity index (χ3v) is 5.02. The summed E-state index contributed by atoms with van der Waals surface area (Å²) in [6, 6.07) is 0.156. The van der Waals surface area contributed by atoms with Gasteiger partial charge in [0, 0.05) is 12.6 Å². The Balaban J connectivity index is 2.82. The van der Waals surface area contributed by atoms with Gasteiger partial charge in [-0.1, -0.05) is 13.8 Å². The Hall–Kier alpha value is 0.200. The smallest absolute Gasteiger partial charge is 0.211 e. The first kappa shape index (κ1) is 11.3. The summed E-state index contributed by atoms with van der Waals surface area (Å²) in [6.07, 6.45) is 1.83. The van der Waals surface area contributed by atoms with Crippen LogP contribution in [0.15, 0.2) is 0 Å². The van der Waals surface area contributed by atoms with E-state index in [0.29, 0.717) is 12.5 Å². The van der Waals surface area contributed by atoms with Crippen LogP contribution in [-0.4, -0.2) is 30.5 Å². The van der Waals surface area contributed by atoms with Crippen molar-refractivity contribution in [1.29, 1.82) is 0 Å². The fourth-order valence-corrected chi connectivity index (χ4v) is 3.64. The molecule has 78 valence electrons. The van der Waals surface area contributed by atoms with Crippen molar-refractivity contribution in [3.05, 3.63) is 0 Å². The van der Waals surface area contributed by atoms with Gasteiger partial charge in [0.05, 0.1) is 0 Å². The minimum Gasteiger partial charge on any atom is -0.211 e. The molecule has 0 aromatic carbocycles. The van der Waals surface area contributed by atoms with Gasteiger partial charge in [-0.2, -0.15) is 4.31 Å². The summed E-state index contributed by atoms with van der Waals surface area (Å²) < 4.78 is 24.6. The van der Waals surface area contributed by atoms with E-state index in [1.165, 1.54) is 0 Å². The monoisotopic (exact) mass is 225 g/mol. The quantitative estimate of drug-likeness (QED) is 0.685. The molecule has 0 aliphatic carbocycles. The molecule has 2 unspecified atom stereocenters. The van der Waals surface area contributed by atoms with E-state index in [1.54, 1.807) is 4.31 Å². The van der Waals surface area contributed by atoms with E-state index in [9.17, 15) is 8.42 Å². The Kier molecular flexibility index (Phi) is 3.60. The lowest BCUT2D eigenvalue weighted by molar-refractivity contribution is 0.341. The summed E-state index contributed by atoms with van der Waals surface area (Å²) in [5.74, 6) is 0.461. The first-order valence-electron chi connectivity index (χ1n) is 4.58. The van der Waals surface area contributed by atoms with Crippen molar-refractivity contribution < 1.29 is 8.42 Å². The molecule has 1 saturated heterocycles. The summed E-state index contributed by atoms with van der Waals surface area (Å²) in [7, 11) is -3.19. The molecule has 0 aromatic rings. The molecular formula is C8H16ClNO2S. The standard InChI is InChI=1S/C8H16ClNO2S/c1-3-8-7(2)4-5-10(8)13(11,12)6-9/h7-8H,3-6H2,1-2H3. The summed E-state index contributed by atoms with van der Waals surface area (Å²) in [4.78, 5) is 0. The molecular weight excluding hydrogens is 210 g/mol. The molecule has 0 saturated carbocycles. The van der Waals surface area contributed by atoms with Gasteiger partial charge in [0.1, 0.15) is 5.21 Å². The van der Waals surface area contributed by atoms with Crippen molar-refractivity contribution in [3.8, 4) is 0 Å². The number of hydrogen-bond donors (Lipinski definition) is 0. The highest BCUT2D eigenvalue weighted by Crippen LogP contribution is 2.29. The molecule has 5 heteroatoms. The molecule has 3 nitrogen and oxygen atoms in total. The van der Waals surface area contributed by atoms with Gasteiger partial charge in [-0.15, -0.1) is 11.6 Å². The molecule has 1 heterocycles. The predicted octanol–water partition coefficient (Wildman–Crippen LogP) is 1.63. The zero-order valence-electron chi connectivity index (χ0n) is 8.03. The Morgan fingerprint density at radius 1 is 1.54 bits per heavy atom. The topological polar surface area (TPSA) is 37.4 Å². The highest BCUT2D eigenvalue weighted by atomic mass is 35.5. The molecule has 13 heavy (non-hydrogen) atoms. The maximum absolute atomic E-state index is 11.5. The molecule has 1 fully saturated rings. The predicted molar refractivity (Wildman–Crippen MR) is 54.2 cm³/mol. The maximum Gasteiger partial charge on any atom is 0.228 e. The molecule has 1 aliphatic heterocycles. The van der Waals surface area contributed by atoms with Crippen molar-refractivity contribution in [1.82, 2.24) is 4.31 Å². The highest BCUT2D eigenvalue weighted by molar-refractivity contribution is 7.90. The zero-order chi connectivity index (χ0) is 10.1. The van der Waals surface area contributed by atoms with Gasteiger partial charge in [-0.25, -0.2) is 8.42 Å². The molecule has 0 N–H and O–H groups in total. The first-order chi connectivity index (χ1) is 6.03. The van der Waals surface area contributed by atoms with Crippen molar-refractivity contribution >= 4 is 21.6 Å². The van der Waals surface area contributed by atoms with Gasteiger partial charge in [0.25, 0.3) is 0 Å². The normalized spacial score (nSPS) is 31.0. The van der Waals surface area contributed by atoms with Crippen molar-refractivity contribution in [2.45, 2.75) is 32.7 Å². The third-order valence-electron chi connectivity index (χ3n) is 2.75. The molecule has 1 rings (SSSR count). The van der Waals surface area contributed by atoms with Crippen molar-refractivity contribution in [2.24, 2.45) is 5.92 Å². The van der Waals surface area contributed by atoms with Crippen molar-refractivity contribution in [2.75, 3.05) is 11.8 Å². The van der Waals surface area contributed by atoms with Crippen molar-refractivity contribution in [3.63, 3.8) is 0 Å². The fraction of sp³-hybridized carbons (Fsp3) is 1.00. The second-order valence-corrected chi connectivity index (χ2v) is 6.08. The lowest BCUT2D eigenvalue weighted by Gasteiger charge is -2.23. The second kappa shape index (κ2) is 4.15. The van der Waals surface area contributed by atoms with Crippen LogP contribution in [0.1, 0.15) is 26.7 Å². The van der Waals surface area contributed by atoms with Gasteiger partial charge < -0.3 is 0 Å². The Labute approximate surface area is 85.1 Å². The van der Waals surface area contributed by atoms with Gasteiger partial charge >= 0.3 is 0 Å². The molecule has 0 bridgehead atoms. The van der Waals surface area contributed by atoms with Crippen LogP contribution >= 0.6 is 11.6 Å². The lowest BCUT2D eigenvalue weighted by Crippen LogP contribution is -2.37. The summed E-state index contributed by atoms with van der Waals surface area (Å²) >= 11 is 5.41. The second-order valence-electron chi connectivity index (χ2n) is 3.57. The summed E-state index contributed by atoms with van der Waals surface area (Å²) in [5.41, 5.74) is 0. The number of alkyl halides is 1. The molecule has 2 atom stereocenters. The minimum absolute atomic E-state index is 0.156. The van der Waals surface area contributed by atoms with Gasteiger partial charge in [-0.3, -0.25) is 0 Å². The van der Waals surface area contributed by atoms with Crippen LogP contribution in [0.4, 0.5) is 0 Å². The molecule has 0 amide bonds. The number of rotatable bonds is 3. The van der Waals surface area contributed by atoms with Crippen LogP contribution in [0.25, 0.3) is 0 Å². The SMILES string of the molecule is CCC1C(C)CCN1S(=O)(=O)CCl. The largest absolute Gasteiger partial charge is 0.228 e. The van der Waals surface area contributed by atoms with E-state index in [4.69, 9.17) is 11.6 Å². The van der Waals surface area contributed by atoms with Gasteiger partial charge in [0.2, 0.25) is 10.0 Å². The number of sulfonamides is 1. The maximum atomic E-state index is 11.5. The van der Waals surface area contributed by atoms with Crippen LogP contribution < -0.4 is 0 Å². The number of hydrogen-bond acceptors (Lipinski definition) is 2. The number of nitrogens with zero attached hydrogens (tertiary/aromatic N) is 1. The molecule has 0 spiro atoms. The van der Waals surface area contributed by atoms with E-state index >= 15 is 0 Å². The van der Waals surface area contributed by atoms with Crippen LogP contribution in [0.3, 0.4) is 0 Å². The lowest BCUT2D eigenvalue weighted by atomic mass is 10.0. The molecule has 1 aliphatic rings. The fourth-order valence-electron chi connectivity index (χ4n) is 1.99. The average Bonchev–Trinajstić information content (AvgIpc) is 2.47. The van der Waals surface area contributed by atoms with Gasteiger partial charge in [-0.05, 0) is 18.8 Å². The van der Waals surface area contributed by atoms with E-state index in [0.717, 1.165) is 12.8 Å². The highest BCUT2D eigenvalue weighted by Gasteiger charge is 2.36. The van der Waals surface area contributed by atoms with E-state index in [2.05, 4.69) is 6.92 Å². The summed E-state index contributed by atoms with van der Waals surface area (Å²) in [6.45, 7) is 4.75.